The molecule has 0 spiro atoms. The zero-order chi connectivity index (χ0) is 13.5. The monoisotopic (exact) mass is 254 g/mol. The molecule has 0 aromatic heterocycles. The Morgan fingerprint density at radius 1 is 1.28 bits per heavy atom. The lowest BCUT2D eigenvalue weighted by atomic mass is 9.82. The highest BCUT2D eigenvalue weighted by atomic mass is 16.2. The fourth-order valence-corrected chi connectivity index (χ4v) is 3.06. The summed E-state index contributed by atoms with van der Waals surface area (Å²) in [6, 6.07) is 0.352. The van der Waals surface area contributed by atoms with Crippen molar-refractivity contribution < 1.29 is 4.79 Å². The number of nitrogens with one attached hydrogen (secondary N) is 1. The second-order valence-corrected chi connectivity index (χ2v) is 6.01. The molecule has 0 aromatic rings. The lowest BCUT2D eigenvalue weighted by Crippen LogP contribution is -2.46. The van der Waals surface area contributed by atoms with E-state index in [4.69, 9.17) is 5.73 Å². The zero-order valence-electron chi connectivity index (χ0n) is 12.2. The maximum atomic E-state index is 12.2. The molecule has 106 valence electrons. The standard InChI is InChI=1S/C15H30N2O/c1-4-14(12-8-6-5-7-9-12)17-15(18)13(10-16)11(2)3/h11-14H,4-10,16H2,1-3H3,(H,17,18). The smallest absolute Gasteiger partial charge is 0.224 e. The van der Waals surface area contributed by atoms with Gasteiger partial charge in [0.2, 0.25) is 5.91 Å². The first-order chi connectivity index (χ1) is 8.60. The predicted molar refractivity (Wildman–Crippen MR) is 76.2 cm³/mol. The van der Waals surface area contributed by atoms with Crippen molar-refractivity contribution in [3.8, 4) is 0 Å². The molecule has 0 aliphatic heterocycles. The van der Waals surface area contributed by atoms with E-state index in [2.05, 4.69) is 26.1 Å². The molecule has 1 fully saturated rings. The van der Waals surface area contributed by atoms with E-state index in [9.17, 15) is 4.79 Å². The van der Waals surface area contributed by atoms with Gasteiger partial charge >= 0.3 is 0 Å². The maximum absolute atomic E-state index is 12.2. The summed E-state index contributed by atoms with van der Waals surface area (Å²) in [5, 5.41) is 3.25. The minimum Gasteiger partial charge on any atom is -0.353 e. The van der Waals surface area contributed by atoms with Crippen molar-refractivity contribution in [1.29, 1.82) is 0 Å². The molecule has 1 aliphatic carbocycles. The summed E-state index contributed by atoms with van der Waals surface area (Å²) in [6.45, 7) is 6.76. The quantitative estimate of drug-likeness (QED) is 0.765. The van der Waals surface area contributed by atoms with E-state index in [0.29, 0.717) is 24.4 Å². The van der Waals surface area contributed by atoms with Crippen LogP contribution in [0.5, 0.6) is 0 Å². The van der Waals surface area contributed by atoms with Crippen LogP contribution in [0, 0.1) is 17.8 Å². The summed E-state index contributed by atoms with van der Waals surface area (Å²) in [7, 11) is 0. The van der Waals surface area contributed by atoms with Crippen molar-refractivity contribution in [2.24, 2.45) is 23.5 Å². The van der Waals surface area contributed by atoms with Crippen LogP contribution in [0.25, 0.3) is 0 Å². The van der Waals surface area contributed by atoms with Crippen LogP contribution in [0.1, 0.15) is 59.3 Å². The number of hydrogen-bond donors (Lipinski definition) is 2. The van der Waals surface area contributed by atoms with Gasteiger partial charge in [-0.3, -0.25) is 4.79 Å². The van der Waals surface area contributed by atoms with Crippen LogP contribution < -0.4 is 11.1 Å². The molecule has 1 amide bonds. The van der Waals surface area contributed by atoms with E-state index in [-0.39, 0.29) is 11.8 Å². The highest BCUT2D eigenvalue weighted by Gasteiger charge is 2.27. The van der Waals surface area contributed by atoms with Crippen LogP contribution in [0.4, 0.5) is 0 Å². The van der Waals surface area contributed by atoms with Crippen molar-refractivity contribution in [3.63, 3.8) is 0 Å². The number of hydrogen-bond acceptors (Lipinski definition) is 2. The summed E-state index contributed by atoms with van der Waals surface area (Å²) >= 11 is 0. The third-order valence-corrected chi connectivity index (χ3v) is 4.38. The number of nitrogens with two attached hydrogens (primary N) is 1. The lowest BCUT2D eigenvalue weighted by Gasteiger charge is -2.32. The van der Waals surface area contributed by atoms with Gasteiger partial charge < -0.3 is 11.1 Å². The molecule has 0 heterocycles. The number of carbonyl (C=O) groups is 1. The first-order valence-corrected chi connectivity index (χ1v) is 7.60. The molecule has 1 rings (SSSR count). The Hall–Kier alpha value is -0.570. The van der Waals surface area contributed by atoms with Crippen molar-refractivity contribution in [1.82, 2.24) is 5.32 Å². The van der Waals surface area contributed by atoms with E-state index in [1.165, 1.54) is 32.1 Å². The minimum absolute atomic E-state index is 0.0392. The summed E-state index contributed by atoms with van der Waals surface area (Å²) in [5.41, 5.74) is 5.71. The van der Waals surface area contributed by atoms with Gasteiger partial charge in [-0.2, -0.15) is 0 Å². The summed E-state index contributed by atoms with van der Waals surface area (Å²) in [6.07, 6.45) is 7.58. The average Bonchev–Trinajstić information content (AvgIpc) is 2.37. The summed E-state index contributed by atoms with van der Waals surface area (Å²) in [4.78, 5) is 12.2. The second-order valence-electron chi connectivity index (χ2n) is 6.01. The van der Waals surface area contributed by atoms with E-state index in [1.54, 1.807) is 0 Å². The van der Waals surface area contributed by atoms with Crippen LogP contribution in [-0.4, -0.2) is 18.5 Å². The molecular formula is C15H30N2O. The molecule has 2 unspecified atom stereocenters. The zero-order valence-corrected chi connectivity index (χ0v) is 12.2. The van der Waals surface area contributed by atoms with Gasteiger partial charge in [0.05, 0.1) is 5.92 Å². The van der Waals surface area contributed by atoms with Crippen molar-refractivity contribution in [2.75, 3.05) is 6.54 Å². The van der Waals surface area contributed by atoms with Crippen LogP contribution in [0.3, 0.4) is 0 Å². The van der Waals surface area contributed by atoms with Gasteiger partial charge in [-0.1, -0.05) is 40.0 Å². The Morgan fingerprint density at radius 3 is 2.33 bits per heavy atom. The van der Waals surface area contributed by atoms with Crippen LogP contribution in [0.15, 0.2) is 0 Å². The Bertz CT molecular complexity index is 247. The average molecular weight is 254 g/mol. The first-order valence-electron chi connectivity index (χ1n) is 7.60. The fraction of sp³-hybridized carbons (Fsp3) is 0.933. The number of carbonyl (C=O) groups excluding carboxylic acids is 1. The Kier molecular flexibility index (Phi) is 6.69. The number of rotatable bonds is 6. The molecule has 2 atom stereocenters. The van der Waals surface area contributed by atoms with Gasteiger partial charge in [-0.25, -0.2) is 0 Å². The Balaban J connectivity index is 2.53. The molecule has 3 nitrogen and oxygen atoms in total. The van der Waals surface area contributed by atoms with Crippen molar-refractivity contribution in [3.05, 3.63) is 0 Å². The molecule has 3 heteroatoms. The SMILES string of the molecule is CCC(NC(=O)C(CN)C(C)C)C1CCCCC1. The summed E-state index contributed by atoms with van der Waals surface area (Å²) in [5.74, 6) is 1.12. The first kappa shape index (κ1) is 15.5. The largest absolute Gasteiger partial charge is 0.353 e. The third-order valence-electron chi connectivity index (χ3n) is 4.38. The molecule has 0 aromatic carbocycles. The molecule has 3 N–H and O–H groups in total. The third kappa shape index (κ3) is 4.27. The van der Waals surface area contributed by atoms with E-state index >= 15 is 0 Å². The van der Waals surface area contributed by atoms with Gasteiger partial charge in [0.1, 0.15) is 0 Å². The maximum Gasteiger partial charge on any atom is 0.224 e. The molecule has 1 saturated carbocycles. The van der Waals surface area contributed by atoms with Gasteiger partial charge in [0, 0.05) is 12.6 Å². The van der Waals surface area contributed by atoms with E-state index in [0.717, 1.165) is 6.42 Å². The van der Waals surface area contributed by atoms with Crippen LogP contribution in [0.2, 0.25) is 0 Å². The van der Waals surface area contributed by atoms with Crippen LogP contribution >= 0.6 is 0 Å². The van der Waals surface area contributed by atoms with E-state index < -0.39 is 0 Å². The molecule has 1 aliphatic rings. The molecular weight excluding hydrogens is 224 g/mol. The van der Waals surface area contributed by atoms with E-state index in [1.807, 2.05) is 0 Å². The Morgan fingerprint density at radius 2 is 1.89 bits per heavy atom. The second kappa shape index (κ2) is 7.78. The minimum atomic E-state index is -0.0392. The van der Waals surface area contributed by atoms with Gasteiger partial charge in [0.15, 0.2) is 0 Å². The van der Waals surface area contributed by atoms with Crippen molar-refractivity contribution >= 4 is 5.91 Å². The Labute approximate surface area is 112 Å². The number of amides is 1. The van der Waals surface area contributed by atoms with Gasteiger partial charge in [-0.15, -0.1) is 0 Å². The van der Waals surface area contributed by atoms with Crippen LogP contribution in [-0.2, 0) is 4.79 Å². The predicted octanol–water partition coefficient (Wildman–Crippen LogP) is 2.69. The molecule has 0 radical (unpaired) electrons. The highest BCUT2D eigenvalue weighted by Crippen LogP contribution is 2.28. The summed E-state index contributed by atoms with van der Waals surface area (Å²) < 4.78 is 0. The molecule has 0 bridgehead atoms. The lowest BCUT2D eigenvalue weighted by molar-refractivity contribution is -0.127. The normalized spacial score (nSPS) is 20.7. The van der Waals surface area contributed by atoms with Crippen molar-refractivity contribution in [2.45, 2.75) is 65.3 Å². The van der Waals surface area contributed by atoms with Gasteiger partial charge in [0.25, 0.3) is 0 Å². The highest BCUT2D eigenvalue weighted by molar-refractivity contribution is 5.79. The fourth-order valence-electron chi connectivity index (χ4n) is 3.06. The topological polar surface area (TPSA) is 55.1 Å². The molecule has 0 saturated heterocycles. The van der Waals surface area contributed by atoms with Gasteiger partial charge in [-0.05, 0) is 31.1 Å². The molecule has 18 heavy (non-hydrogen) atoms.